The summed E-state index contributed by atoms with van der Waals surface area (Å²) >= 11 is 0. The lowest BCUT2D eigenvalue weighted by Crippen LogP contribution is -2.11. The van der Waals surface area contributed by atoms with Gasteiger partial charge in [0.25, 0.3) is 0 Å². The molecular formula is C14H9F4NO. The van der Waals surface area contributed by atoms with Crippen molar-refractivity contribution < 1.29 is 22.4 Å². The smallest absolute Gasteiger partial charge is 0.289 e. The van der Waals surface area contributed by atoms with Gasteiger partial charge in [-0.25, -0.2) is 4.39 Å². The number of aryl methyl sites for hydroxylation is 1. The number of ketones is 1. The van der Waals surface area contributed by atoms with Crippen molar-refractivity contribution in [3.8, 4) is 0 Å². The molecule has 0 bridgehead atoms. The Morgan fingerprint density at radius 2 is 1.90 bits per heavy atom. The highest BCUT2D eigenvalue weighted by Gasteiger charge is 2.34. The van der Waals surface area contributed by atoms with Crippen LogP contribution in [-0.2, 0) is 6.18 Å². The van der Waals surface area contributed by atoms with Crippen molar-refractivity contribution in [2.24, 2.45) is 0 Å². The number of alkyl halides is 3. The summed E-state index contributed by atoms with van der Waals surface area (Å²) in [7, 11) is 0. The lowest BCUT2D eigenvalue weighted by atomic mass is 9.99. The van der Waals surface area contributed by atoms with Gasteiger partial charge in [0.15, 0.2) is 5.78 Å². The third-order valence-corrected chi connectivity index (χ3v) is 2.80. The highest BCUT2D eigenvalue weighted by molar-refractivity contribution is 6.09. The van der Waals surface area contributed by atoms with Gasteiger partial charge in [-0.3, -0.25) is 9.78 Å². The number of benzene rings is 1. The normalized spacial score (nSPS) is 11.4. The van der Waals surface area contributed by atoms with E-state index >= 15 is 0 Å². The van der Waals surface area contributed by atoms with Crippen LogP contribution in [-0.4, -0.2) is 10.8 Å². The molecule has 0 amide bonds. The van der Waals surface area contributed by atoms with E-state index in [4.69, 9.17) is 0 Å². The molecule has 1 aromatic heterocycles. The molecule has 6 heteroatoms. The first-order valence-electron chi connectivity index (χ1n) is 5.63. The number of hydrogen-bond acceptors (Lipinski definition) is 2. The lowest BCUT2D eigenvalue weighted by Gasteiger charge is -2.10. The second kappa shape index (κ2) is 5.03. The fourth-order valence-electron chi connectivity index (χ4n) is 1.77. The number of pyridine rings is 1. The van der Waals surface area contributed by atoms with Crippen molar-refractivity contribution >= 4 is 5.78 Å². The largest absolute Gasteiger partial charge is 0.419 e. The Morgan fingerprint density at radius 3 is 2.50 bits per heavy atom. The molecule has 20 heavy (non-hydrogen) atoms. The van der Waals surface area contributed by atoms with E-state index in [-0.39, 0.29) is 11.1 Å². The van der Waals surface area contributed by atoms with E-state index in [9.17, 15) is 22.4 Å². The molecule has 2 rings (SSSR count). The molecule has 2 aromatic rings. The predicted octanol–water partition coefficient (Wildman–Crippen LogP) is 3.78. The van der Waals surface area contributed by atoms with Crippen LogP contribution in [0, 0.1) is 12.7 Å². The van der Waals surface area contributed by atoms with Crippen LogP contribution in [0.1, 0.15) is 27.0 Å². The van der Waals surface area contributed by atoms with Crippen molar-refractivity contribution in [2.75, 3.05) is 0 Å². The van der Waals surface area contributed by atoms with Crippen molar-refractivity contribution in [2.45, 2.75) is 13.1 Å². The van der Waals surface area contributed by atoms with E-state index in [0.29, 0.717) is 17.7 Å². The zero-order valence-electron chi connectivity index (χ0n) is 10.3. The Bertz CT molecular complexity index is 664. The fourth-order valence-corrected chi connectivity index (χ4v) is 1.77. The lowest BCUT2D eigenvalue weighted by molar-refractivity contribution is -0.140. The molecule has 1 heterocycles. The first-order chi connectivity index (χ1) is 9.30. The van der Waals surface area contributed by atoms with Crippen molar-refractivity contribution in [1.29, 1.82) is 0 Å². The molecule has 0 aliphatic carbocycles. The number of hydrogen-bond donors (Lipinski definition) is 0. The SMILES string of the molecule is Cc1cnccc1C(=O)c1ccc(F)c(C(F)(F)F)c1. The topological polar surface area (TPSA) is 30.0 Å². The quantitative estimate of drug-likeness (QED) is 0.620. The average molecular weight is 283 g/mol. The second-order valence-corrected chi connectivity index (χ2v) is 4.21. The standard InChI is InChI=1S/C14H9F4NO/c1-8-7-19-5-4-10(8)13(20)9-2-3-12(15)11(6-9)14(16,17)18/h2-7H,1H3. The number of carbonyl (C=O) groups excluding carboxylic acids is 1. The Labute approximate surface area is 112 Å². The van der Waals surface area contributed by atoms with Crippen LogP contribution in [0.25, 0.3) is 0 Å². The Morgan fingerprint density at radius 1 is 1.20 bits per heavy atom. The highest BCUT2D eigenvalue weighted by atomic mass is 19.4. The first kappa shape index (κ1) is 14.2. The van der Waals surface area contributed by atoms with E-state index in [0.717, 1.165) is 6.07 Å². The highest BCUT2D eigenvalue weighted by Crippen LogP contribution is 2.32. The molecule has 0 radical (unpaired) electrons. The second-order valence-electron chi connectivity index (χ2n) is 4.21. The summed E-state index contributed by atoms with van der Waals surface area (Å²) in [6.07, 6.45) is -2.04. The van der Waals surface area contributed by atoms with Gasteiger partial charge in [-0.15, -0.1) is 0 Å². The number of nitrogens with zero attached hydrogens (tertiary/aromatic N) is 1. The van der Waals surface area contributed by atoms with E-state index in [1.807, 2.05) is 0 Å². The zero-order chi connectivity index (χ0) is 14.9. The maximum Gasteiger partial charge on any atom is 0.419 e. The summed E-state index contributed by atoms with van der Waals surface area (Å²) in [5.41, 5.74) is -0.891. The van der Waals surface area contributed by atoms with Crippen molar-refractivity contribution in [3.63, 3.8) is 0 Å². The monoisotopic (exact) mass is 283 g/mol. The molecule has 2 nitrogen and oxygen atoms in total. The van der Waals surface area contributed by atoms with Crippen LogP contribution in [0.4, 0.5) is 17.6 Å². The summed E-state index contributed by atoms with van der Waals surface area (Å²) in [5, 5.41) is 0. The maximum atomic E-state index is 13.2. The van der Waals surface area contributed by atoms with E-state index < -0.39 is 23.3 Å². The van der Waals surface area contributed by atoms with Gasteiger partial charge in [0, 0.05) is 23.5 Å². The van der Waals surface area contributed by atoms with Crippen LogP contribution in [0.3, 0.4) is 0 Å². The van der Waals surface area contributed by atoms with Gasteiger partial charge in [0.05, 0.1) is 5.56 Å². The van der Waals surface area contributed by atoms with E-state index in [1.165, 1.54) is 18.5 Å². The minimum Gasteiger partial charge on any atom is -0.289 e. The summed E-state index contributed by atoms with van der Waals surface area (Å²) < 4.78 is 51.0. The van der Waals surface area contributed by atoms with Gasteiger partial charge >= 0.3 is 6.18 Å². The minimum atomic E-state index is -4.84. The third-order valence-electron chi connectivity index (χ3n) is 2.80. The van der Waals surface area contributed by atoms with Crippen LogP contribution in [0.2, 0.25) is 0 Å². The van der Waals surface area contributed by atoms with Crippen molar-refractivity contribution in [3.05, 3.63) is 64.7 Å². The number of carbonyl (C=O) groups is 1. The van der Waals surface area contributed by atoms with Gasteiger partial charge in [-0.2, -0.15) is 13.2 Å². The van der Waals surface area contributed by atoms with E-state index in [1.54, 1.807) is 6.92 Å². The molecule has 0 aliphatic rings. The number of halogens is 4. The summed E-state index contributed by atoms with van der Waals surface area (Å²) in [6.45, 7) is 1.62. The van der Waals surface area contributed by atoms with Gasteiger partial charge < -0.3 is 0 Å². The molecule has 0 saturated carbocycles. The minimum absolute atomic E-state index is 0.215. The summed E-state index contributed by atoms with van der Waals surface area (Å²) in [4.78, 5) is 15.9. The van der Waals surface area contributed by atoms with E-state index in [2.05, 4.69) is 4.98 Å². The fraction of sp³-hybridized carbons (Fsp3) is 0.143. The average Bonchev–Trinajstić information content (AvgIpc) is 2.37. The molecule has 0 atom stereocenters. The number of rotatable bonds is 2. The van der Waals surface area contributed by atoms with Gasteiger partial charge in [-0.1, -0.05) is 0 Å². The molecular weight excluding hydrogens is 274 g/mol. The summed E-state index contributed by atoms with van der Waals surface area (Å²) in [5.74, 6) is -2.00. The van der Waals surface area contributed by atoms with Crippen molar-refractivity contribution in [1.82, 2.24) is 4.98 Å². The Hall–Kier alpha value is -2.24. The Kier molecular flexibility index (Phi) is 3.57. The van der Waals surface area contributed by atoms with Crippen LogP contribution in [0.5, 0.6) is 0 Å². The molecule has 0 N–H and O–H groups in total. The zero-order valence-corrected chi connectivity index (χ0v) is 10.3. The first-order valence-corrected chi connectivity index (χ1v) is 5.63. The predicted molar refractivity (Wildman–Crippen MR) is 63.8 cm³/mol. The van der Waals surface area contributed by atoms with Gasteiger partial charge in [0.1, 0.15) is 5.82 Å². The molecule has 0 unspecified atom stereocenters. The molecule has 104 valence electrons. The third kappa shape index (κ3) is 2.68. The van der Waals surface area contributed by atoms with Gasteiger partial charge in [0.2, 0.25) is 0 Å². The molecule has 0 aliphatic heterocycles. The van der Waals surface area contributed by atoms with Gasteiger partial charge in [-0.05, 0) is 36.8 Å². The van der Waals surface area contributed by atoms with Crippen LogP contribution in [0.15, 0.2) is 36.7 Å². The molecule has 1 aromatic carbocycles. The molecule has 0 saturated heterocycles. The molecule has 0 spiro atoms. The van der Waals surface area contributed by atoms with Crippen LogP contribution < -0.4 is 0 Å². The summed E-state index contributed by atoms with van der Waals surface area (Å²) in [6, 6.07) is 3.62. The Balaban J connectivity index is 2.50. The number of aromatic nitrogens is 1. The maximum absolute atomic E-state index is 13.2. The van der Waals surface area contributed by atoms with Crippen LogP contribution >= 0.6 is 0 Å². The molecule has 0 fully saturated rings.